The fraction of sp³-hybridized carbons (Fsp3) is 0.429. The molecule has 0 unspecified atom stereocenters. The number of aliphatic carboxylic acids is 1. The Kier molecular flexibility index (Phi) is 5.78. The van der Waals surface area contributed by atoms with Gasteiger partial charge in [-0.25, -0.2) is 0 Å². The first-order valence-corrected chi connectivity index (χ1v) is 6.42. The van der Waals surface area contributed by atoms with E-state index in [-0.39, 0.29) is 30.8 Å². The summed E-state index contributed by atoms with van der Waals surface area (Å²) < 4.78 is 43.3. The van der Waals surface area contributed by atoms with Gasteiger partial charge in [0.15, 0.2) is 0 Å². The number of benzene rings is 1. The molecule has 0 spiro atoms. The molecule has 5 nitrogen and oxygen atoms in total. The molecule has 22 heavy (non-hydrogen) atoms. The number of carboxylic acids is 1. The molecule has 0 aromatic heterocycles. The van der Waals surface area contributed by atoms with Gasteiger partial charge >= 0.3 is 18.1 Å². The van der Waals surface area contributed by atoms with Crippen LogP contribution in [0.5, 0.6) is 5.75 Å². The molecule has 1 aromatic carbocycles. The first-order valence-electron chi connectivity index (χ1n) is 6.42. The van der Waals surface area contributed by atoms with E-state index in [9.17, 15) is 22.8 Å². The largest absolute Gasteiger partial charge is 0.495 e. The standard InChI is InChI=1S/C14H16F3NO4/c1-9-5-6-11(22-2)10(8-9)18(7-3-4-12(19)20)13(21)14(15,16)17/h5-6,8H,3-4,7H2,1-2H3,(H,19,20). The van der Waals surface area contributed by atoms with Crippen LogP contribution in [0.3, 0.4) is 0 Å². The van der Waals surface area contributed by atoms with E-state index in [0.717, 1.165) is 0 Å². The van der Waals surface area contributed by atoms with Crippen molar-refractivity contribution in [1.29, 1.82) is 0 Å². The molecule has 0 radical (unpaired) electrons. The van der Waals surface area contributed by atoms with E-state index in [1.54, 1.807) is 13.0 Å². The van der Waals surface area contributed by atoms with Crippen molar-refractivity contribution in [1.82, 2.24) is 0 Å². The maximum Gasteiger partial charge on any atom is 0.471 e. The van der Waals surface area contributed by atoms with Crippen molar-refractivity contribution in [2.45, 2.75) is 25.9 Å². The summed E-state index contributed by atoms with van der Waals surface area (Å²) in [5.41, 5.74) is 0.615. The Morgan fingerprint density at radius 3 is 2.45 bits per heavy atom. The molecule has 1 aromatic rings. The molecule has 8 heteroatoms. The highest BCUT2D eigenvalue weighted by Gasteiger charge is 2.43. The minimum atomic E-state index is -5.06. The van der Waals surface area contributed by atoms with E-state index in [1.165, 1.54) is 19.2 Å². The van der Waals surface area contributed by atoms with Crippen LogP contribution in [-0.4, -0.2) is 36.8 Å². The van der Waals surface area contributed by atoms with Crippen LogP contribution >= 0.6 is 0 Å². The Bertz CT molecular complexity index is 558. The summed E-state index contributed by atoms with van der Waals surface area (Å²) in [5, 5.41) is 8.59. The van der Waals surface area contributed by atoms with Gasteiger partial charge in [-0.15, -0.1) is 0 Å². The first-order chi connectivity index (χ1) is 10.2. The highest BCUT2D eigenvalue weighted by Crippen LogP contribution is 2.32. The SMILES string of the molecule is COc1ccc(C)cc1N(CCCC(=O)O)C(=O)C(F)(F)F. The molecule has 0 aliphatic heterocycles. The van der Waals surface area contributed by atoms with Crippen LogP contribution in [0.4, 0.5) is 18.9 Å². The predicted octanol–water partition coefficient (Wildman–Crippen LogP) is 2.76. The fourth-order valence-corrected chi connectivity index (χ4v) is 1.88. The molecule has 0 atom stereocenters. The Balaban J connectivity index is 3.16. The number of hydrogen-bond acceptors (Lipinski definition) is 3. The number of ether oxygens (including phenoxy) is 1. The van der Waals surface area contributed by atoms with Crippen LogP contribution < -0.4 is 9.64 Å². The molecule has 0 aliphatic rings. The highest BCUT2D eigenvalue weighted by atomic mass is 19.4. The second-order valence-electron chi connectivity index (χ2n) is 4.63. The third-order valence-corrected chi connectivity index (χ3v) is 2.89. The number of rotatable bonds is 6. The maximum atomic E-state index is 12.8. The van der Waals surface area contributed by atoms with Gasteiger partial charge in [0, 0.05) is 13.0 Å². The summed E-state index contributed by atoms with van der Waals surface area (Å²) in [4.78, 5) is 22.6. The lowest BCUT2D eigenvalue weighted by Gasteiger charge is -2.25. The molecule has 0 saturated heterocycles. The zero-order chi connectivity index (χ0) is 16.9. The number of methoxy groups -OCH3 is 1. The normalized spacial score (nSPS) is 11.1. The fourth-order valence-electron chi connectivity index (χ4n) is 1.88. The third kappa shape index (κ3) is 4.64. The average molecular weight is 319 g/mol. The van der Waals surface area contributed by atoms with Crippen LogP contribution in [0, 0.1) is 6.92 Å². The number of carbonyl (C=O) groups is 2. The van der Waals surface area contributed by atoms with E-state index in [4.69, 9.17) is 9.84 Å². The second-order valence-corrected chi connectivity index (χ2v) is 4.63. The van der Waals surface area contributed by atoms with Crippen molar-refractivity contribution in [3.8, 4) is 5.75 Å². The number of aryl methyl sites for hydroxylation is 1. The van der Waals surface area contributed by atoms with E-state index in [2.05, 4.69) is 0 Å². The molecule has 0 bridgehead atoms. The highest BCUT2D eigenvalue weighted by molar-refractivity contribution is 5.98. The van der Waals surface area contributed by atoms with Crippen LogP contribution in [0.2, 0.25) is 0 Å². The summed E-state index contributed by atoms with van der Waals surface area (Å²) >= 11 is 0. The van der Waals surface area contributed by atoms with E-state index >= 15 is 0 Å². The smallest absolute Gasteiger partial charge is 0.471 e. The van der Waals surface area contributed by atoms with Gasteiger partial charge in [-0.3, -0.25) is 9.59 Å². The molecule has 1 rings (SSSR count). The number of alkyl halides is 3. The lowest BCUT2D eigenvalue weighted by molar-refractivity contribution is -0.170. The molecule has 0 saturated carbocycles. The van der Waals surface area contributed by atoms with Crippen molar-refractivity contribution in [3.05, 3.63) is 23.8 Å². The Labute approximate surface area is 125 Å². The zero-order valence-electron chi connectivity index (χ0n) is 12.1. The van der Waals surface area contributed by atoms with Gasteiger partial charge in [-0.1, -0.05) is 6.07 Å². The van der Waals surface area contributed by atoms with Gasteiger partial charge in [0.05, 0.1) is 12.8 Å². The van der Waals surface area contributed by atoms with Crippen LogP contribution in [0.25, 0.3) is 0 Å². The van der Waals surface area contributed by atoms with Crippen molar-refractivity contribution >= 4 is 17.6 Å². The molecule has 0 heterocycles. The van der Waals surface area contributed by atoms with Gasteiger partial charge in [0.2, 0.25) is 0 Å². The monoisotopic (exact) mass is 319 g/mol. The summed E-state index contributed by atoms with van der Waals surface area (Å²) in [6.07, 6.45) is -5.50. The minimum absolute atomic E-state index is 0.0322. The van der Waals surface area contributed by atoms with Crippen molar-refractivity contribution in [2.24, 2.45) is 0 Å². The maximum absolute atomic E-state index is 12.8. The topological polar surface area (TPSA) is 66.8 Å². The Morgan fingerprint density at radius 2 is 1.95 bits per heavy atom. The van der Waals surface area contributed by atoms with Gasteiger partial charge in [0.1, 0.15) is 5.75 Å². The number of halogens is 3. The van der Waals surface area contributed by atoms with Crippen molar-refractivity contribution in [2.75, 3.05) is 18.6 Å². The summed E-state index contributed by atoms with van der Waals surface area (Å²) in [7, 11) is 1.28. The minimum Gasteiger partial charge on any atom is -0.495 e. The molecule has 122 valence electrons. The zero-order valence-corrected chi connectivity index (χ0v) is 12.1. The quantitative estimate of drug-likeness (QED) is 0.875. The van der Waals surface area contributed by atoms with Crippen LogP contribution in [-0.2, 0) is 9.59 Å². The van der Waals surface area contributed by atoms with Gasteiger partial charge in [0.25, 0.3) is 0 Å². The van der Waals surface area contributed by atoms with Crippen LogP contribution in [0.1, 0.15) is 18.4 Å². The van der Waals surface area contributed by atoms with E-state index < -0.39 is 18.1 Å². The molecular weight excluding hydrogens is 303 g/mol. The number of carbonyl (C=O) groups excluding carboxylic acids is 1. The lowest BCUT2D eigenvalue weighted by Crippen LogP contribution is -2.42. The molecule has 1 N–H and O–H groups in total. The van der Waals surface area contributed by atoms with Crippen LogP contribution in [0.15, 0.2) is 18.2 Å². The summed E-state index contributed by atoms with van der Waals surface area (Å²) in [6.45, 7) is 1.29. The molecule has 0 aliphatic carbocycles. The van der Waals surface area contributed by atoms with E-state index in [0.29, 0.717) is 10.5 Å². The number of carboxylic acid groups (broad SMARTS) is 1. The van der Waals surface area contributed by atoms with E-state index in [1.807, 2.05) is 0 Å². The predicted molar refractivity (Wildman–Crippen MR) is 73.0 cm³/mol. The number of anilines is 1. The molecule has 1 amide bonds. The van der Waals surface area contributed by atoms with Crippen molar-refractivity contribution < 1.29 is 32.6 Å². The van der Waals surface area contributed by atoms with Gasteiger partial charge < -0.3 is 14.7 Å². The number of amides is 1. The molecule has 0 fully saturated rings. The van der Waals surface area contributed by atoms with Gasteiger partial charge in [-0.2, -0.15) is 13.2 Å². The summed E-state index contributed by atoms with van der Waals surface area (Å²) in [5.74, 6) is -3.09. The second kappa shape index (κ2) is 7.15. The lowest BCUT2D eigenvalue weighted by atomic mass is 10.1. The first kappa shape index (κ1) is 17.8. The Morgan fingerprint density at radius 1 is 1.32 bits per heavy atom. The van der Waals surface area contributed by atoms with Gasteiger partial charge in [-0.05, 0) is 31.0 Å². The average Bonchev–Trinajstić information content (AvgIpc) is 2.41. The summed E-state index contributed by atoms with van der Waals surface area (Å²) in [6, 6.07) is 4.48. The third-order valence-electron chi connectivity index (χ3n) is 2.89. The Hall–Kier alpha value is -2.25. The number of hydrogen-bond donors (Lipinski definition) is 1. The molecular formula is C14H16F3NO4. The number of nitrogens with zero attached hydrogens (tertiary/aromatic N) is 1. The van der Waals surface area contributed by atoms with Crippen molar-refractivity contribution in [3.63, 3.8) is 0 Å².